The van der Waals surface area contributed by atoms with E-state index in [0.717, 1.165) is 24.3 Å². The zero-order valence-electron chi connectivity index (χ0n) is 12.5. The van der Waals surface area contributed by atoms with E-state index in [1.54, 1.807) is 0 Å². The molecule has 5 nitrogen and oxygen atoms in total. The van der Waals surface area contributed by atoms with Gasteiger partial charge in [-0.15, -0.1) is 0 Å². The van der Waals surface area contributed by atoms with Gasteiger partial charge in [0.1, 0.15) is 0 Å². The van der Waals surface area contributed by atoms with Crippen molar-refractivity contribution in [2.45, 2.75) is 42.4 Å². The number of sulfonamides is 1. The van der Waals surface area contributed by atoms with E-state index in [1.165, 1.54) is 4.31 Å². The quantitative estimate of drug-likeness (QED) is 0.798. The summed E-state index contributed by atoms with van der Waals surface area (Å²) in [5.41, 5.74) is -0.928. The molecule has 2 fully saturated rings. The van der Waals surface area contributed by atoms with Gasteiger partial charge in [-0.25, -0.2) is 16.8 Å². The van der Waals surface area contributed by atoms with E-state index in [4.69, 9.17) is 0 Å². The molecule has 3 rings (SSSR count). The molecule has 0 radical (unpaired) electrons. The number of alkyl halides is 3. The molecule has 0 amide bonds. The number of benzene rings is 1. The Morgan fingerprint density at radius 3 is 2.00 bits per heavy atom. The molecule has 1 aliphatic carbocycles. The highest BCUT2D eigenvalue weighted by Crippen LogP contribution is 2.37. The minimum atomic E-state index is -4.54. The molecule has 1 heterocycles. The van der Waals surface area contributed by atoms with Crippen molar-refractivity contribution in [1.29, 1.82) is 0 Å². The molecule has 0 spiro atoms. The van der Waals surface area contributed by atoms with Crippen LogP contribution in [0, 0.1) is 0 Å². The van der Waals surface area contributed by atoms with Gasteiger partial charge in [-0.2, -0.15) is 17.5 Å². The number of halogens is 3. The normalized spacial score (nSPS) is 24.4. The van der Waals surface area contributed by atoms with Crippen LogP contribution in [0.3, 0.4) is 0 Å². The molecule has 1 saturated carbocycles. The highest BCUT2D eigenvalue weighted by atomic mass is 32.2. The SMILES string of the molecule is O=S1(=O)CC[C@@H](N(C2CC2)S(=O)(=O)c2ccc(C(F)(F)F)cc2)C1. The second kappa shape index (κ2) is 5.70. The lowest BCUT2D eigenvalue weighted by molar-refractivity contribution is -0.137. The Morgan fingerprint density at radius 1 is 1.00 bits per heavy atom. The van der Waals surface area contributed by atoms with Crippen molar-refractivity contribution in [2.24, 2.45) is 0 Å². The highest BCUT2D eigenvalue weighted by Gasteiger charge is 2.46. The van der Waals surface area contributed by atoms with Crippen LogP contribution in [0.1, 0.15) is 24.8 Å². The molecular formula is C14H16F3NO4S2. The second-order valence-electron chi connectivity index (χ2n) is 6.15. The van der Waals surface area contributed by atoms with Crippen LogP contribution in [-0.2, 0) is 26.0 Å². The van der Waals surface area contributed by atoms with Crippen LogP contribution in [0.2, 0.25) is 0 Å². The summed E-state index contributed by atoms with van der Waals surface area (Å²) in [6, 6.07) is 2.39. The number of nitrogens with zero attached hydrogens (tertiary/aromatic N) is 1. The van der Waals surface area contributed by atoms with Crippen LogP contribution in [-0.4, -0.2) is 44.7 Å². The number of rotatable bonds is 4. The minimum Gasteiger partial charge on any atom is -0.229 e. The molecule has 1 saturated heterocycles. The van der Waals surface area contributed by atoms with Crippen LogP contribution in [0.25, 0.3) is 0 Å². The Bertz CT molecular complexity index is 828. The average molecular weight is 383 g/mol. The Labute approximate surface area is 138 Å². The summed E-state index contributed by atoms with van der Waals surface area (Å²) in [4.78, 5) is -0.244. The van der Waals surface area contributed by atoms with E-state index in [9.17, 15) is 30.0 Å². The standard InChI is InChI=1S/C14H16F3NO4S2/c15-14(16,17)10-1-5-13(6-2-10)24(21,22)18(11-3-4-11)12-7-8-23(19,20)9-12/h1-2,5-6,11-12H,3-4,7-9H2/t12-/m1/s1. The predicted octanol–water partition coefficient (Wildman–Crippen LogP) is 2.05. The molecule has 1 aliphatic heterocycles. The molecule has 0 bridgehead atoms. The van der Waals surface area contributed by atoms with E-state index in [2.05, 4.69) is 0 Å². The molecular weight excluding hydrogens is 367 g/mol. The first kappa shape index (κ1) is 17.7. The van der Waals surface area contributed by atoms with Crippen molar-refractivity contribution in [3.8, 4) is 0 Å². The van der Waals surface area contributed by atoms with E-state index in [-0.39, 0.29) is 28.9 Å². The summed E-state index contributed by atoms with van der Waals surface area (Å²) < 4.78 is 88.0. The lowest BCUT2D eigenvalue weighted by atomic mass is 10.2. The van der Waals surface area contributed by atoms with Crippen molar-refractivity contribution in [2.75, 3.05) is 11.5 Å². The Balaban J connectivity index is 1.92. The van der Waals surface area contributed by atoms with Crippen molar-refractivity contribution in [1.82, 2.24) is 4.31 Å². The zero-order chi connectivity index (χ0) is 17.8. The maximum atomic E-state index is 12.8. The van der Waals surface area contributed by atoms with Crippen molar-refractivity contribution in [3.05, 3.63) is 29.8 Å². The van der Waals surface area contributed by atoms with E-state index >= 15 is 0 Å². The van der Waals surface area contributed by atoms with Gasteiger partial charge in [0.2, 0.25) is 10.0 Å². The fourth-order valence-electron chi connectivity index (χ4n) is 2.93. The molecule has 2 aliphatic rings. The first-order valence-electron chi connectivity index (χ1n) is 7.42. The lowest BCUT2D eigenvalue weighted by Crippen LogP contribution is -2.42. The van der Waals surface area contributed by atoms with E-state index in [0.29, 0.717) is 12.8 Å². The monoisotopic (exact) mass is 383 g/mol. The topological polar surface area (TPSA) is 71.5 Å². The molecule has 1 aromatic carbocycles. The lowest BCUT2D eigenvalue weighted by Gasteiger charge is -2.27. The van der Waals surface area contributed by atoms with Crippen LogP contribution in [0.5, 0.6) is 0 Å². The first-order valence-corrected chi connectivity index (χ1v) is 10.7. The number of hydrogen-bond donors (Lipinski definition) is 0. The molecule has 134 valence electrons. The summed E-state index contributed by atoms with van der Waals surface area (Å²) in [5.74, 6) is -0.299. The second-order valence-corrected chi connectivity index (χ2v) is 10.2. The van der Waals surface area contributed by atoms with E-state index < -0.39 is 37.6 Å². The third kappa shape index (κ3) is 3.45. The number of sulfone groups is 1. The van der Waals surface area contributed by atoms with Crippen molar-refractivity contribution < 1.29 is 30.0 Å². The van der Waals surface area contributed by atoms with Gasteiger partial charge in [0, 0.05) is 12.1 Å². The molecule has 1 aromatic rings. The van der Waals surface area contributed by atoms with Crippen molar-refractivity contribution in [3.63, 3.8) is 0 Å². The van der Waals surface area contributed by atoms with Gasteiger partial charge < -0.3 is 0 Å². The molecule has 1 atom stereocenters. The third-order valence-corrected chi connectivity index (χ3v) is 8.00. The highest BCUT2D eigenvalue weighted by molar-refractivity contribution is 7.92. The first-order chi connectivity index (χ1) is 11.0. The van der Waals surface area contributed by atoms with E-state index in [1.807, 2.05) is 0 Å². The van der Waals surface area contributed by atoms with Crippen LogP contribution in [0.4, 0.5) is 13.2 Å². The van der Waals surface area contributed by atoms with Crippen LogP contribution < -0.4 is 0 Å². The zero-order valence-corrected chi connectivity index (χ0v) is 14.2. The van der Waals surface area contributed by atoms with Gasteiger partial charge in [0.05, 0.1) is 22.0 Å². The average Bonchev–Trinajstić information content (AvgIpc) is 3.22. The molecule has 24 heavy (non-hydrogen) atoms. The van der Waals surface area contributed by atoms with Crippen LogP contribution in [0.15, 0.2) is 29.2 Å². The summed E-state index contributed by atoms with van der Waals surface area (Å²) >= 11 is 0. The molecule has 0 aromatic heterocycles. The summed E-state index contributed by atoms with van der Waals surface area (Å²) in [5, 5.41) is 0. The van der Waals surface area contributed by atoms with Gasteiger partial charge in [0.15, 0.2) is 9.84 Å². The summed E-state index contributed by atoms with van der Waals surface area (Å²) in [6.07, 6.45) is -3.05. The molecule has 0 unspecified atom stereocenters. The molecule has 0 N–H and O–H groups in total. The van der Waals surface area contributed by atoms with Crippen LogP contribution >= 0.6 is 0 Å². The predicted molar refractivity (Wildman–Crippen MR) is 80.5 cm³/mol. The summed E-state index contributed by atoms with van der Waals surface area (Å²) in [7, 11) is -7.30. The third-order valence-electron chi connectivity index (χ3n) is 4.23. The maximum absolute atomic E-state index is 12.8. The smallest absolute Gasteiger partial charge is 0.229 e. The fourth-order valence-corrected chi connectivity index (χ4v) is 6.64. The Hall–Kier alpha value is -1.13. The minimum absolute atomic E-state index is 0.0661. The largest absolute Gasteiger partial charge is 0.416 e. The maximum Gasteiger partial charge on any atom is 0.416 e. The Morgan fingerprint density at radius 2 is 1.58 bits per heavy atom. The van der Waals surface area contributed by atoms with Gasteiger partial charge in [-0.1, -0.05) is 0 Å². The molecule has 10 heteroatoms. The fraction of sp³-hybridized carbons (Fsp3) is 0.571. The Kier molecular flexibility index (Phi) is 4.20. The van der Waals surface area contributed by atoms with Gasteiger partial charge in [0.25, 0.3) is 0 Å². The van der Waals surface area contributed by atoms with Crippen molar-refractivity contribution >= 4 is 19.9 Å². The van der Waals surface area contributed by atoms with Gasteiger partial charge in [-0.05, 0) is 43.5 Å². The van der Waals surface area contributed by atoms with Gasteiger partial charge in [-0.3, -0.25) is 0 Å². The van der Waals surface area contributed by atoms with Gasteiger partial charge >= 0.3 is 6.18 Å². The number of hydrogen-bond acceptors (Lipinski definition) is 4. The summed E-state index contributed by atoms with van der Waals surface area (Å²) in [6.45, 7) is 0.